The van der Waals surface area contributed by atoms with E-state index in [0.29, 0.717) is 18.8 Å². The van der Waals surface area contributed by atoms with Crippen LogP contribution in [0.1, 0.15) is 16.1 Å². The molecule has 0 aliphatic rings. The summed E-state index contributed by atoms with van der Waals surface area (Å²) in [7, 11) is 0. The van der Waals surface area contributed by atoms with Crippen molar-refractivity contribution in [2.45, 2.75) is 6.54 Å². The second-order valence-corrected chi connectivity index (χ2v) is 5.81. The maximum atomic E-state index is 12.2. The van der Waals surface area contributed by atoms with Crippen molar-refractivity contribution >= 4 is 17.3 Å². The summed E-state index contributed by atoms with van der Waals surface area (Å²) in [6.45, 7) is 4.73. The molecular weight excluding hydrogens is 322 g/mol. The first-order valence-corrected chi connectivity index (χ1v) is 8.49. The molecule has 3 rings (SSSR count). The van der Waals surface area contributed by atoms with Gasteiger partial charge in [-0.3, -0.25) is 9.78 Å². The van der Waals surface area contributed by atoms with E-state index in [1.807, 2.05) is 48.5 Å². The van der Waals surface area contributed by atoms with Crippen LogP contribution >= 0.6 is 0 Å². The number of carbonyl (C=O) groups is 1. The number of nitrogens with zero attached hydrogens (tertiary/aromatic N) is 2. The highest BCUT2D eigenvalue weighted by Gasteiger charge is 2.13. The third kappa shape index (κ3) is 4.36. The molecule has 26 heavy (non-hydrogen) atoms. The molecule has 0 radical (unpaired) electrons. The molecule has 0 aliphatic heterocycles. The minimum absolute atomic E-state index is 0.209. The van der Waals surface area contributed by atoms with E-state index in [1.54, 1.807) is 12.3 Å². The summed E-state index contributed by atoms with van der Waals surface area (Å²) in [4.78, 5) is 18.6. The first kappa shape index (κ1) is 17.4. The second-order valence-electron chi connectivity index (χ2n) is 5.81. The van der Waals surface area contributed by atoms with Crippen molar-refractivity contribution in [2.24, 2.45) is 0 Å². The van der Waals surface area contributed by atoms with Gasteiger partial charge >= 0.3 is 0 Å². The van der Waals surface area contributed by atoms with Crippen molar-refractivity contribution in [3.63, 3.8) is 0 Å². The number of nitrogens with one attached hydrogen (secondary N) is 1. The number of aromatic nitrogens is 1. The summed E-state index contributed by atoms with van der Waals surface area (Å²) >= 11 is 0. The number of para-hydroxylation sites is 1. The minimum Gasteiger partial charge on any atom is -0.347 e. The highest BCUT2D eigenvalue weighted by Crippen LogP contribution is 2.27. The van der Waals surface area contributed by atoms with Gasteiger partial charge in [-0.25, -0.2) is 0 Å². The summed E-state index contributed by atoms with van der Waals surface area (Å²) in [6.07, 6.45) is 3.31. The van der Waals surface area contributed by atoms with Crippen molar-refractivity contribution in [3.8, 4) is 0 Å². The number of pyridine rings is 1. The quantitative estimate of drug-likeness (QED) is 0.649. The summed E-state index contributed by atoms with van der Waals surface area (Å²) in [6, 6.07) is 24.1. The molecule has 4 nitrogen and oxygen atoms in total. The number of benzene rings is 2. The molecule has 2 aromatic carbocycles. The molecule has 0 saturated carbocycles. The number of carbonyl (C=O) groups excluding carboxylic acids is 1. The Bertz CT molecular complexity index is 863. The van der Waals surface area contributed by atoms with Crippen LogP contribution in [0, 0.1) is 0 Å². The Morgan fingerprint density at radius 2 is 1.69 bits per heavy atom. The van der Waals surface area contributed by atoms with Crippen LogP contribution in [0.2, 0.25) is 0 Å². The Morgan fingerprint density at radius 3 is 2.38 bits per heavy atom. The van der Waals surface area contributed by atoms with E-state index in [-0.39, 0.29) is 5.91 Å². The van der Waals surface area contributed by atoms with Crippen LogP contribution in [0.3, 0.4) is 0 Å². The Hall–Kier alpha value is -3.40. The predicted molar refractivity (Wildman–Crippen MR) is 105 cm³/mol. The van der Waals surface area contributed by atoms with Crippen LogP contribution in [-0.4, -0.2) is 17.4 Å². The topological polar surface area (TPSA) is 45.2 Å². The summed E-state index contributed by atoms with van der Waals surface area (Å²) in [5.74, 6) is -0.209. The lowest BCUT2D eigenvalue weighted by Gasteiger charge is -2.25. The van der Waals surface area contributed by atoms with Gasteiger partial charge < -0.3 is 10.2 Å². The first-order valence-electron chi connectivity index (χ1n) is 8.49. The number of rotatable bonds is 7. The average molecular weight is 343 g/mol. The van der Waals surface area contributed by atoms with E-state index in [2.05, 4.69) is 46.0 Å². The molecule has 4 heteroatoms. The Kier molecular flexibility index (Phi) is 5.78. The predicted octanol–water partition coefficient (Wildman–Crippen LogP) is 4.34. The molecule has 1 aromatic heterocycles. The maximum absolute atomic E-state index is 12.2. The normalized spacial score (nSPS) is 10.2. The number of amides is 1. The van der Waals surface area contributed by atoms with Crippen molar-refractivity contribution < 1.29 is 4.79 Å². The molecule has 0 unspecified atom stereocenters. The molecule has 1 heterocycles. The lowest BCUT2D eigenvalue weighted by atomic mass is 10.1. The summed E-state index contributed by atoms with van der Waals surface area (Å²) in [5, 5.41) is 2.77. The van der Waals surface area contributed by atoms with E-state index >= 15 is 0 Å². The van der Waals surface area contributed by atoms with Crippen LogP contribution in [0.5, 0.6) is 0 Å². The zero-order valence-electron chi connectivity index (χ0n) is 14.5. The molecule has 1 N–H and O–H groups in total. The first-order chi connectivity index (χ1) is 12.8. The molecule has 1 amide bonds. The number of hydrogen-bond donors (Lipinski definition) is 1. The van der Waals surface area contributed by atoms with Gasteiger partial charge in [-0.05, 0) is 29.8 Å². The van der Waals surface area contributed by atoms with Crippen LogP contribution in [0.4, 0.5) is 11.4 Å². The van der Waals surface area contributed by atoms with Crippen molar-refractivity contribution in [1.29, 1.82) is 0 Å². The van der Waals surface area contributed by atoms with Gasteiger partial charge in [0.1, 0.15) is 5.69 Å². The fourth-order valence-electron chi connectivity index (χ4n) is 2.67. The van der Waals surface area contributed by atoms with Gasteiger partial charge in [0.2, 0.25) is 0 Å². The highest BCUT2D eigenvalue weighted by atomic mass is 16.1. The van der Waals surface area contributed by atoms with E-state index in [4.69, 9.17) is 0 Å². The Morgan fingerprint density at radius 1 is 1.00 bits per heavy atom. The van der Waals surface area contributed by atoms with Gasteiger partial charge in [0.05, 0.1) is 0 Å². The third-order valence-electron chi connectivity index (χ3n) is 3.95. The molecule has 0 saturated heterocycles. The zero-order valence-corrected chi connectivity index (χ0v) is 14.5. The van der Waals surface area contributed by atoms with E-state index in [1.165, 1.54) is 5.56 Å². The largest absolute Gasteiger partial charge is 0.347 e. The van der Waals surface area contributed by atoms with Crippen LogP contribution in [-0.2, 0) is 6.54 Å². The average Bonchev–Trinajstić information content (AvgIpc) is 2.71. The molecule has 3 aromatic rings. The van der Waals surface area contributed by atoms with Crippen LogP contribution in [0.15, 0.2) is 91.6 Å². The van der Waals surface area contributed by atoms with E-state index in [0.717, 1.165) is 11.4 Å². The number of hydrogen-bond acceptors (Lipinski definition) is 3. The lowest BCUT2D eigenvalue weighted by molar-refractivity contribution is 0.0953. The fraction of sp³-hybridized carbons (Fsp3) is 0.0909. The number of anilines is 2. The van der Waals surface area contributed by atoms with Gasteiger partial charge in [-0.15, -0.1) is 6.58 Å². The van der Waals surface area contributed by atoms with Crippen molar-refractivity contribution in [1.82, 2.24) is 10.3 Å². The van der Waals surface area contributed by atoms with E-state index < -0.39 is 0 Å². The third-order valence-corrected chi connectivity index (χ3v) is 3.95. The maximum Gasteiger partial charge on any atom is 0.270 e. The van der Waals surface area contributed by atoms with Crippen molar-refractivity contribution in [3.05, 3.63) is 103 Å². The molecule has 0 spiro atoms. The Balaban J connectivity index is 1.94. The van der Waals surface area contributed by atoms with Gasteiger partial charge in [0, 0.05) is 30.7 Å². The van der Waals surface area contributed by atoms with E-state index in [9.17, 15) is 4.79 Å². The molecule has 0 bridgehead atoms. The van der Waals surface area contributed by atoms with Crippen LogP contribution in [0.25, 0.3) is 0 Å². The fourth-order valence-corrected chi connectivity index (χ4v) is 2.67. The molecule has 0 fully saturated rings. The summed E-state index contributed by atoms with van der Waals surface area (Å²) < 4.78 is 0. The monoisotopic (exact) mass is 343 g/mol. The lowest BCUT2D eigenvalue weighted by Crippen LogP contribution is -2.25. The molecule has 130 valence electrons. The highest BCUT2D eigenvalue weighted by molar-refractivity contribution is 5.93. The minimum atomic E-state index is -0.209. The van der Waals surface area contributed by atoms with Crippen LogP contribution < -0.4 is 10.2 Å². The molecule has 0 aliphatic carbocycles. The second kappa shape index (κ2) is 8.62. The van der Waals surface area contributed by atoms with Gasteiger partial charge in [0.25, 0.3) is 5.91 Å². The Labute approximate surface area is 153 Å². The zero-order chi connectivity index (χ0) is 18.2. The summed E-state index contributed by atoms with van der Waals surface area (Å²) in [5.41, 5.74) is 3.54. The smallest absolute Gasteiger partial charge is 0.270 e. The molecule has 0 atom stereocenters. The van der Waals surface area contributed by atoms with Crippen molar-refractivity contribution in [2.75, 3.05) is 11.4 Å². The van der Waals surface area contributed by atoms with Gasteiger partial charge in [-0.2, -0.15) is 0 Å². The SMILES string of the molecule is C=CCNC(=O)c1cc(N(Cc2ccccc2)c2ccccc2)ccn1. The van der Waals surface area contributed by atoms with Gasteiger partial charge in [0.15, 0.2) is 0 Å². The standard InChI is InChI=1S/C22H21N3O/c1-2-14-24-22(26)21-16-20(13-15-23-21)25(19-11-7-4-8-12-19)17-18-9-5-3-6-10-18/h2-13,15-16H,1,14,17H2,(H,24,26). The van der Waals surface area contributed by atoms with Gasteiger partial charge in [-0.1, -0.05) is 54.6 Å². The molecular formula is C22H21N3O.